The van der Waals surface area contributed by atoms with Crippen LogP contribution in [0.5, 0.6) is 0 Å². The third kappa shape index (κ3) is 4.16. The van der Waals surface area contributed by atoms with Gasteiger partial charge in [-0.3, -0.25) is 24.5 Å². The second kappa shape index (κ2) is 8.74. The van der Waals surface area contributed by atoms with Crippen LogP contribution >= 0.6 is 0 Å². The number of nitrogens with one attached hydrogen (secondary N) is 3. The number of rotatable bonds is 4. The van der Waals surface area contributed by atoms with Crippen LogP contribution in [0.25, 0.3) is 0 Å². The molecule has 0 bridgehead atoms. The van der Waals surface area contributed by atoms with Gasteiger partial charge in [-0.15, -0.1) is 0 Å². The Kier molecular flexibility index (Phi) is 5.61. The molecular formula is C25H24N4O5. The summed E-state index contributed by atoms with van der Waals surface area (Å²) in [5.41, 5.74) is 4.37. The van der Waals surface area contributed by atoms with E-state index in [2.05, 4.69) is 16.0 Å². The van der Waals surface area contributed by atoms with Crippen molar-refractivity contribution >= 4 is 35.2 Å². The van der Waals surface area contributed by atoms with E-state index in [1.807, 2.05) is 18.2 Å². The molecule has 2 aliphatic heterocycles. The van der Waals surface area contributed by atoms with Gasteiger partial charge in [-0.25, -0.2) is 4.79 Å². The first-order valence-corrected chi connectivity index (χ1v) is 11.4. The van der Waals surface area contributed by atoms with Gasteiger partial charge in [-0.1, -0.05) is 12.1 Å². The first-order chi connectivity index (χ1) is 16.4. The van der Waals surface area contributed by atoms with E-state index in [4.69, 9.17) is 0 Å². The molecule has 9 nitrogen and oxygen atoms in total. The van der Waals surface area contributed by atoms with E-state index in [1.165, 1.54) is 4.90 Å². The van der Waals surface area contributed by atoms with E-state index >= 15 is 0 Å². The number of imide groups is 1. The highest BCUT2D eigenvalue weighted by atomic mass is 16.2. The maximum absolute atomic E-state index is 12.9. The minimum atomic E-state index is -0.656. The average molecular weight is 460 g/mol. The molecule has 2 aromatic carbocycles. The molecule has 3 N–H and O–H groups in total. The molecule has 3 aliphatic rings. The molecular weight excluding hydrogens is 436 g/mol. The second-order valence-corrected chi connectivity index (χ2v) is 8.85. The zero-order chi connectivity index (χ0) is 23.8. The molecule has 1 saturated heterocycles. The number of anilines is 1. The van der Waals surface area contributed by atoms with Gasteiger partial charge in [-0.05, 0) is 60.2 Å². The van der Waals surface area contributed by atoms with Gasteiger partial charge in [0.1, 0.15) is 6.04 Å². The maximum atomic E-state index is 12.9. The monoisotopic (exact) mass is 460 g/mol. The van der Waals surface area contributed by atoms with E-state index in [9.17, 15) is 24.0 Å². The molecule has 2 aromatic rings. The predicted molar refractivity (Wildman–Crippen MR) is 122 cm³/mol. The summed E-state index contributed by atoms with van der Waals surface area (Å²) in [5.74, 6) is -0.873. The molecule has 1 fully saturated rings. The highest BCUT2D eigenvalue weighted by Gasteiger charge is 2.39. The van der Waals surface area contributed by atoms with Gasteiger partial charge in [0.15, 0.2) is 5.78 Å². The van der Waals surface area contributed by atoms with Gasteiger partial charge in [-0.2, -0.15) is 0 Å². The molecule has 5 rings (SSSR count). The van der Waals surface area contributed by atoms with Crippen molar-refractivity contribution in [2.75, 3.05) is 5.32 Å². The Morgan fingerprint density at radius 1 is 0.971 bits per heavy atom. The van der Waals surface area contributed by atoms with Crippen LogP contribution in [0, 0.1) is 0 Å². The number of fused-ring (bicyclic) bond motifs is 2. The number of aryl methyl sites for hydroxylation is 1. The van der Waals surface area contributed by atoms with Crippen molar-refractivity contribution in [3.05, 3.63) is 64.2 Å². The SMILES string of the molecule is O=C1CCC(N2Cc3ccc(CNC(=O)Nc4ccc5c(c4)CCCC5=O)cc3C2=O)C(=O)N1. The summed E-state index contributed by atoms with van der Waals surface area (Å²) in [4.78, 5) is 62.4. The number of piperidine rings is 1. The molecule has 1 atom stereocenters. The lowest BCUT2D eigenvalue weighted by Gasteiger charge is -2.29. The van der Waals surface area contributed by atoms with Crippen LogP contribution in [0.4, 0.5) is 10.5 Å². The molecule has 0 aromatic heterocycles. The smallest absolute Gasteiger partial charge is 0.319 e. The number of ketones is 1. The van der Waals surface area contributed by atoms with Gasteiger partial charge in [0, 0.05) is 42.7 Å². The lowest BCUT2D eigenvalue weighted by molar-refractivity contribution is -0.136. The van der Waals surface area contributed by atoms with Crippen LogP contribution < -0.4 is 16.0 Å². The van der Waals surface area contributed by atoms with E-state index in [0.717, 1.165) is 35.1 Å². The summed E-state index contributed by atoms with van der Waals surface area (Å²) in [7, 11) is 0. The number of hydrogen-bond donors (Lipinski definition) is 3. The fraction of sp³-hybridized carbons (Fsp3) is 0.320. The molecule has 0 radical (unpaired) electrons. The summed E-state index contributed by atoms with van der Waals surface area (Å²) < 4.78 is 0. The Bertz CT molecular complexity index is 1240. The van der Waals surface area contributed by atoms with Crippen LogP contribution in [0.3, 0.4) is 0 Å². The summed E-state index contributed by atoms with van der Waals surface area (Å²) in [6, 6.07) is 9.67. The molecule has 34 heavy (non-hydrogen) atoms. The van der Waals surface area contributed by atoms with Crippen molar-refractivity contribution in [2.24, 2.45) is 0 Å². The molecule has 9 heteroatoms. The summed E-state index contributed by atoms with van der Waals surface area (Å²) in [5, 5.41) is 7.87. The minimum Gasteiger partial charge on any atom is -0.334 e. The van der Waals surface area contributed by atoms with Crippen LogP contribution in [0.1, 0.15) is 63.1 Å². The Balaban J connectivity index is 1.20. The number of urea groups is 1. The quantitative estimate of drug-likeness (QED) is 0.604. The van der Waals surface area contributed by atoms with Crippen LogP contribution in [0.15, 0.2) is 36.4 Å². The van der Waals surface area contributed by atoms with Crippen molar-refractivity contribution in [3.63, 3.8) is 0 Å². The summed E-state index contributed by atoms with van der Waals surface area (Å²) in [6.45, 7) is 0.531. The number of Topliss-reactive ketones (excluding diaryl/α,β-unsaturated/α-hetero) is 1. The Morgan fingerprint density at radius 3 is 2.65 bits per heavy atom. The molecule has 174 valence electrons. The second-order valence-electron chi connectivity index (χ2n) is 8.85. The first kappa shape index (κ1) is 21.8. The van der Waals surface area contributed by atoms with Gasteiger partial charge in [0.2, 0.25) is 11.8 Å². The summed E-state index contributed by atoms with van der Waals surface area (Å²) >= 11 is 0. The zero-order valence-electron chi connectivity index (χ0n) is 18.5. The topological polar surface area (TPSA) is 125 Å². The average Bonchev–Trinajstić information content (AvgIpc) is 3.13. The van der Waals surface area contributed by atoms with Crippen molar-refractivity contribution < 1.29 is 24.0 Å². The highest BCUT2D eigenvalue weighted by molar-refractivity contribution is 6.05. The highest BCUT2D eigenvalue weighted by Crippen LogP contribution is 2.28. The maximum Gasteiger partial charge on any atom is 0.319 e. The molecule has 0 saturated carbocycles. The van der Waals surface area contributed by atoms with Crippen molar-refractivity contribution in [3.8, 4) is 0 Å². The first-order valence-electron chi connectivity index (χ1n) is 11.4. The third-order valence-electron chi connectivity index (χ3n) is 6.56. The van der Waals surface area contributed by atoms with Gasteiger partial charge >= 0.3 is 6.03 Å². The van der Waals surface area contributed by atoms with Crippen LogP contribution in [0.2, 0.25) is 0 Å². The van der Waals surface area contributed by atoms with E-state index < -0.39 is 11.9 Å². The van der Waals surface area contributed by atoms with Gasteiger partial charge in [0.05, 0.1) is 0 Å². The Labute approximate surface area is 195 Å². The molecule has 0 spiro atoms. The lowest BCUT2D eigenvalue weighted by atomic mass is 9.90. The number of carbonyl (C=O) groups excluding carboxylic acids is 5. The summed E-state index contributed by atoms with van der Waals surface area (Å²) in [6.07, 6.45) is 2.72. The third-order valence-corrected chi connectivity index (χ3v) is 6.56. The van der Waals surface area contributed by atoms with Crippen molar-refractivity contribution in [2.45, 2.75) is 51.2 Å². The predicted octanol–water partition coefficient (Wildman–Crippen LogP) is 2.29. The Morgan fingerprint density at radius 2 is 1.82 bits per heavy atom. The number of carbonyl (C=O) groups is 5. The normalized spacial score (nSPS) is 19.4. The zero-order valence-corrected chi connectivity index (χ0v) is 18.5. The molecule has 2 heterocycles. The lowest BCUT2D eigenvalue weighted by Crippen LogP contribution is -2.52. The number of benzene rings is 2. The standard InChI is InChI=1S/C25H24N4O5/c30-21-3-1-2-15-11-17(6-7-18(15)21)27-25(34)26-12-14-4-5-16-13-29(24(33)19(16)10-14)20-8-9-22(31)28-23(20)32/h4-7,10-11,20H,1-3,8-9,12-13H2,(H2,26,27,34)(H,28,31,32). The Hall–Kier alpha value is -4.01. The molecule has 1 unspecified atom stereocenters. The van der Waals surface area contributed by atoms with Crippen LogP contribution in [-0.4, -0.2) is 40.5 Å². The van der Waals surface area contributed by atoms with E-state index in [0.29, 0.717) is 30.6 Å². The van der Waals surface area contributed by atoms with Crippen molar-refractivity contribution in [1.29, 1.82) is 0 Å². The fourth-order valence-electron chi connectivity index (χ4n) is 4.79. The van der Waals surface area contributed by atoms with Gasteiger partial charge < -0.3 is 15.5 Å². The largest absolute Gasteiger partial charge is 0.334 e. The van der Waals surface area contributed by atoms with Gasteiger partial charge in [0.25, 0.3) is 5.91 Å². The number of hydrogen-bond acceptors (Lipinski definition) is 5. The van der Waals surface area contributed by atoms with E-state index in [1.54, 1.807) is 18.2 Å². The van der Waals surface area contributed by atoms with Crippen LogP contribution in [-0.2, 0) is 29.1 Å². The fourth-order valence-corrected chi connectivity index (χ4v) is 4.79. The minimum absolute atomic E-state index is 0.138. The van der Waals surface area contributed by atoms with E-state index in [-0.39, 0.29) is 36.6 Å². The van der Waals surface area contributed by atoms with Crippen molar-refractivity contribution in [1.82, 2.24) is 15.5 Å². The molecule has 5 amide bonds. The molecule has 1 aliphatic carbocycles. The number of amides is 5. The number of nitrogens with zero attached hydrogens (tertiary/aromatic N) is 1.